The third-order valence-corrected chi connectivity index (χ3v) is 7.35. The normalized spacial score (nSPS) is 17.0. The van der Waals surface area contributed by atoms with Gasteiger partial charge in [-0.15, -0.1) is 5.10 Å². The number of Topliss-reactive ketones (excluding diaryl/α,β-unsaturated/α-hetero) is 1. The number of carbonyl (C=O) groups excluding carboxylic acids is 1. The number of halogens is 1. The van der Waals surface area contributed by atoms with E-state index >= 15 is 4.39 Å². The monoisotopic (exact) mass is 500 g/mol. The van der Waals surface area contributed by atoms with E-state index in [9.17, 15) is 4.79 Å². The number of rotatable bonds is 5. The molecule has 8 heteroatoms. The van der Waals surface area contributed by atoms with E-state index in [1.807, 2.05) is 41.0 Å². The fourth-order valence-corrected chi connectivity index (χ4v) is 5.64. The van der Waals surface area contributed by atoms with Gasteiger partial charge in [-0.05, 0) is 56.3 Å². The second kappa shape index (κ2) is 9.19. The zero-order valence-electron chi connectivity index (χ0n) is 23.6. The van der Waals surface area contributed by atoms with Crippen LogP contribution in [0.15, 0.2) is 54.7 Å². The fraction of sp³-hybridized carbons (Fsp3) is 0.310. The maximum Gasteiger partial charge on any atom is 0.162 e. The van der Waals surface area contributed by atoms with E-state index in [1.165, 1.54) is 17.7 Å². The van der Waals surface area contributed by atoms with Gasteiger partial charge in [0.1, 0.15) is 0 Å². The molecule has 0 bridgehead atoms. The molecule has 1 aliphatic heterocycles. The molecule has 37 heavy (non-hydrogen) atoms. The summed E-state index contributed by atoms with van der Waals surface area (Å²) >= 11 is 0. The highest BCUT2D eigenvalue weighted by Gasteiger charge is 2.32. The molecule has 0 aliphatic carbocycles. The molecule has 5 aromatic rings. The first-order valence-electron chi connectivity index (χ1n) is 13.8. The Morgan fingerprint density at radius 1 is 1.19 bits per heavy atom. The van der Waals surface area contributed by atoms with Gasteiger partial charge in [0.05, 0.1) is 39.5 Å². The third-order valence-electron chi connectivity index (χ3n) is 7.35. The molecule has 2 aromatic carbocycles. The van der Waals surface area contributed by atoms with Crippen LogP contribution in [0.4, 0.5) is 4.39 Å². The molecule has 0 spiro atoms. The van der Waals surface area contributed by atoms with Gasteiger partial charge in [0.2, 0.25) is 0 Å². The molecule has 6 rings (SSSR count). The number of nitrogens with zero attached hydrogens (tertiary/aromatic N) is 5. The quantitative estimate of drug-likeness (QED) is 0.292. The van der Waals surface area contributed by atoms with Crippen molar-refractivity contribution in [2.75, 3.05) is 13.2 Å². The molecular formula is C29H28FN5O2. The molecule has 0 N–H and O–H groups in total. The predicted molar refractivity (Wildman–Crippen MR) is 140 cm³/mol. The second-order valence-corrected chi connectivity index (χ2v) is 9.56. The molecule has 1 saturated heterocycles. The summed E-state index contributed by atoms with van der Waals surface area (Å²) in [5, 5.41) is 8.46. The lowest BCUT2D eigenvalue weighted by Gasteiger charge is -2.33. The van der Waals surface area contributed by atoms with Gasteiger partial charge in [-0.3, -0.25) is 9.78 Å². The summed E-state index contributed by atoms with van der Waals surface area (Å²) in [6.07, 6.45) is 3.12. The number of ketones is 1. The van der Waals surface area contributed by atoms with Crippen LogP contribution in [-0.2, 0) is 11.8 Å². The van der Waals surface area contributed by atoms with E-state index in [0.717, 1.165) is 18.4 Å². The number of ether oxygens (including phenoxy) is 1. The smallest absolute Gasteiger partial charge is 0.162 e. The van der Waals surface area contributed by atoms with Gasteiger partial charge in [-0.2, -0.15) is 0 Å². The van der Waals surface area contributed by atoms with Crippen LogP contribution in [0.1, 0.15) is 51.5 Å². The van der Waals surface area contributed by atoms with Gasteiger partial charge in [0, 0.05) is 41.5 Å². The van der Waals surface area contributed by atoms with E-state index in [0.29, 0.717) is 46.4 Å². The zero-order valence-corrected chi connectivity index (χ0v) is 20.6. The Labute approximate surface area is 218 Å². The minimum absolute atomic E-state index is 0.0103. The average Bonchev–Trinajstić information content (AvgIpc) is 3.49. The van der Waals surface area contributed by atoms with Crippen LogP contribution in [-0.4, -0.2) is 43.5 Å². The SMILES string of the molecule is [2H]C([2H])([2H])c1nnn(C)c1-c1cnc2c3ccc(C(C)=O)c(F)c3n([C@H](c3ccccc3)C3CCOCC3)c2c1. The van der Waals surface area contributed by atoms with Gasteiger partial charge in [0.15, 0.2) is 11.6 Å². The summed E-state index contributed by atoms with van der Waals surface area (Å²) in [5.41, 5.74) is 3.18. The van der Waals surface area contributed by atoms with Gasteiger partial charge in [-0.25, -0.2) is 9.07 Å². The number of carbonyl (C=O) groups is 1. The van der Waals surface area contributed by atoms with Crippen LogP contribution in [0, 0.1) is 18.6 Å². The summed E-state index contributed by atoms with van der Waals surface area (Å²) in [7, 11) is 1.63. The number of benzene rings is 2. The summed E-state index contributed by atoms with van der Waals surface area (Å²) in [6, 6.07) is 14.7. The van der Waals surface area contributed by atoms with E-state index in [2.05, 4.69) is 10.3 Å². The van der Waals surface area contributed by atoms with E-state index < -0.39 is 12.7 Å². The Kier molecular flexibility index (Phi) is 5.01. The zero-order chi connectivity index (χ0) is 28.2. The lowest BCUT2D eigenvalue weighted by atomic mass is 9.86. The van der Waals surface area contributed by atoms with Crippen LogP contribution in [0.25, 0.3) is 33.2 Å². The molecule has 3 aromatic heterocycles. The average molecular weight is 501 g/mol. The minimum atomic E-state index is -2.48. The van der Waals surface area contributed by atoms with Gasteiger partial charge in [0.25, 0.3) is 0 Å². The van der Waals surface area contributed by atoms with Crippen molar-refractivity contribution in [2.24, 2.45) is 13.0 Å². The van der Waals surface area contributed by atoms with Crippen molar-refractivity contribution in [3.8, 4) is 11.3 Å². The van der Waals surface area contributed by atoms with Crippen molar-refractivity contribution in [2.45, 2.75) is 32.7 Å². The Bertz CT molecular complexity index is 1740. The predicted octanol–water partition coefficient (Wildman–Crippen LogP) is 5.65. The van der Waals surface area contributed by atoms with Crippen molar-refractivity contribution in [3.63, 3.8) is 0 Å². The van der Waals surface area contributed by atoms with Crippen molar-refractivity contribution >= 4 is 27.7 Å². The number of hydrogen-bond donors (Lipinski definition) is 0. The highest BCUT2D eigenvalue weighted by molar-refractivity contribution is 6.09. The van der Waals surface area contributed by atoms with Crippen molar-refractivity contribution in [1.29, 1.82) is 0 Å². The van der Waals surface area contributed by atoms with Gasteiger partial charge >= 0.3 is 0 Å². The van der Waals surface area contributed by atoms with Crippen LogP contribution < -0.4 is 0 Å². The number of aryl methyl sites for hydroxylation is 2. The minimum Gasteiger partial charge on any atom is -0.381 e. The summed E-state index contributed by atoms with van der Waals surface area (Å²) < 4.78 is 49.3. The number of pyridine rings is 1. The molecule has 1 aliphatic rings. The van der Waals surface area contributed by atoms with Gasteiger partial charge < -0.3 is 9.30 Å². The topological polar surface area (TPSA) is 74.8 Å². The Morgan fingerprint density at radius 2 is 1.97 bits per heavy atom. The standard InChI is InChI=1S/C29H28FN5O2/c1-17-27(34(3)33-32-17)21-15-24-26(31-16-21)23-10-9-22(18(2)36)25(30)29(23)35(24)28(19-7-5-4-6-8-19)20-11-13-37-14-12-20/h4-10,15-16,20,28H,11-14H2,1-3H3/t28-/m1/s1/i1D3. The van der Waals surface area contributed by atoms with Gasteiger partial charge in [-0.1, -0.05) is 35.5 Å². The van der Waals surface area contributed by atoms with Crippen LogP contribution >= 0.6 is 0 Å². The van der Waals surface area contributed by atoms with Crippen molar-refractivity contribution in [1.82, 2.24) is 24.5 Å². The molecule has 0 unspecified atom stereocenters. The molecule has 188 valence electrons. The van der Waals surface area contributed by atoms with E-state index in [-0.39, 0.29) is 29.0 Å². The molecule has 7 nitrogen and oxygen atoms in total. The molecule has 1 atom stereocenters. The number of aromatic nitrogens is 5. The van der Waals surface area contributed by atoms with E-state index in [4.69, 9.17) is 13.8 Å². The van der Waals surface area contributed by atoms with Crippen LogP contribution in [0.3, 0.4) is 0 Å². The highest BCUT2D eigenvalue weighted by atomic mass is 19.1. The first-order chi connectivity index (χ1) is 19.2. The first-order valence-corrected chi connectivity index (χ1v) is 12.3. The summed E-state index contributed by atoms with van der Waals surface area (Å²) in [6.45, 7) is 0.0613. The summed E-state index contributed by atoms with van der Waals surface area (Å²) in [4.78, 5) is 17.1. The van der Waals surface area contributed by atoms with Crippen LogP contribution in [0.2, 0.25) is 0 Å². The molecule has 0 saturated carbocycles. The van der Waals surface area contributed by atoms with Crippen molar-refractivity contribution in [3.05, 3.63) is 77.4 Å². The largest absolute Gasteiger partial charge is 0.381 e. The van der Waals surface area contributed by atoms with Crippen LogP contribution in [0.5, 0.6) is 0 Å². The lowest BCUT2D eigenvalue weighted by Crippen LogP contribution is -2.27. The first kappa shape index (κ1) is 20.2. The Balaban J connectivity index is 1.72. The summed E-state index contributed by atoms with van der Waals surface area (Å²) in [5.74, 6) is -0.839. The highest BCUT2D eigenvalue weighted by Crippen LogP contribution is 2.42. The molecule has 1 fully saturated rings. The van der Waals surface area contributed by atoms with E-state index in [1.54, 1.807) is 19.3 Å². The molecular weight excluding hydrogens is 469 g/mol. The number of fused-ring (bicyclic) bond motifs is 3. The lowest BCUT2D eigenvalue weighted by molar-refractivity contribution is 0.0552. The second-order valence-electron chi connectivity index (χ2n) is 9.56. The fourth-order valence-electron chi connectivity index (χ4n) is 5.64. The third kappa shape index (κ3) is 3.83. The maximum atomic E-state index is 16.3. The Hall–Kier alpha value is -3.91. The molecule has 0 radical (unpaired) electrons. The maximum absolute atomic E-state index is 16.3. The Morgan fingerprint density at radius 3 is 2.70 bits per heavy atom. The van der Waals surface area contributed by atoms with Crippen molar-refractivity contribution < 1.29 is 18.0 Å². The molecule has 4 heterocycles. The molecule has 0 amide bonds. The number of hydrogen-bond acceptors (Lipinski definition) is 5.